The number of hydrogen-bond acceptors (Lipinski definition) is 13. The van der Waals surface area contributed by atoms with E-state index in [4.69, 9.17) is 23.7 Å². The third-order valence-corrected chi connectivity index (χ3v) is 6.29. The molecule has 6 N–H and O–H groups in total. The molecule has 1 fully saturated rings. The SMILES string of the molecule is C/C=C1/C(CC(=O)OCCc2ccc(O)c(O)c2)C(C(=O)OC)=CO[C@H]1O[C@@H]1OC(CO)[C@@H](O)C(O)C1O. The van der Waals surface area contributed by atoms with E-state index in [9.17, 15) is 40.2 Å². The molecule has 0 amide bonds. The van der Waals surface area contributed by atoms with E-state index < -0.39 is 61.5 Å². The van der Waals surface area contributed by atoms with Gasteiger partial charge in [-0.25, -0.2) is 4.79 Å². The van der Waals surface area contributed by atoms with E-state index in [2.05, 4.69) is 0 Å². The Morgan fingerprint density at radius 1 is 1.08 bits per heavy atom. The molecule has 4 unspecified atom stereocenters. The van der Waals surface area contributed by atoms with Crippen LogP contribution in [-0.2, 0) is 39.7 Å². The first-order valence-corrected chi connectivity index (χ1v) is 11.8. The van der Waals surface area contributed by atoms with Gasteiger partial charge < -0.3 is 54.3 Å². The van der Waals surface area contributed by atoms with Gasteiger partial charge in [0.25, 0.3) is 0 Å². The smallest absolute Gasteiger partial charge is 0.337 e. The number of ether oxygens (including phenoxy) is 5. The number of phenolic OH excluding ortho intramolecular Hbond substituents is 2. The monoisotopic (exact) mass is 540 g/mol. The lowest BCUT2D eigenvalue weighted by Crippen LogP contribution is -2.60. The van der Waals surface area contributed by atoms with Crippen molar-refractivity contribution in [3.8, 4) is 11.5 Å². The zero-order valence-corrected chi connectivity index (χ0v) is 20.8. The molecule has 7 atom stereocenters. The van der Waals surface area contributed by atoms with E-state index in [1.807, 2.05) is 0 Å². The second-order valence-corrected chi connectivity index (χ2v) is 8.71. The summed E-state index contributed by atoms with van der Waals surface area (Å²) in [6, 6.07) is 4.23. The number of hydrogen-bond donors (Lipinski definition) is 6. The van der Waals surface area contributed by atoms with Gasteiger partial charge in [-0.3, -0.25) is 4.79 Å². The first-order valence-electron chi connectivity index (χ1n) is 11.8. The highest BCUT2D eigenvalue weighted by atomic mass is 16.8. The Morgan fingerprint density at radius 3 is 2.45 bits per heavy atom. The van der Waals surface area contributed by atoms with E-state index in [-0.39, 0.29) is 36.5 Å². The van der Waals surface area contributed by atoms with Crippen molar-refractivity contribution in [3.05, 3.63) is 47.2 Å². The van der Waals surface area contributed by atoms with Crippen LogP contribution in [0, 0.1) is 5.92 Å². The van der Waals surface area contributed by atoms with Gasteiger partial charge in [0.2, 0.25) is 6.29 Å². The van der Waals surface area contributed by atoms with E-state index in [1.54, 1.807) is 19.1 Å². The van der Waals surface area contributed by atoms with Gasteiger partial charge in [0.15, 0.2) is 17.8 Å². The minimum atomic E-state index is -1.69. The molecule has 1 aromatic carbocycles. The summed E-state index contributed by atoms with van der Waals surface area (Å²) in [6.07, 6.45) is -6.39. The minimum Gasteiger partial charge on any atom is -0.504 e. The second kappa shape index (κ2) is 13.0. The van der Waals surface area contributed by atoms with Gasteiger partial charge in [0, 0.05) is 17.9 Å². The number of aromatic hydroxyl groups is 2. The Hall–Kier alpha value is -3.20. The summed E-state index contributed by atoms with van der Waals surface area (Å²) < 4.78 is 26.7. The van der Waals surface area contributed by atoms with Gasteiger partial charge >= 0.3 is 11.9 Å². The third-order valence-electron chi connectivity index (χ3n) is 6.29. The molecule has 0 aromatic heterocycles. The summed E-state index contributed by atoms with van der Waals surface area (Å²) in [7, 11) is 1.16. The molecule has 13 heteroatoms. The largest absolute Gasteiger partial charge is 0.504 e. The Bertz CT molecular complexity index is 1050. The highest BCUT2D eigenvalue weighted by molar-refractivity contribution is 5.90. The Morgan fingerprint density at radius 2 is 1.82 bits per heavy atom. The number of carbonyl (C=O) groups is 2. The summed E-state index contributed by atoms with van der Waals surface area (Å²) >= 11 is 0. The summed E-state index contributed by atoms with van der Waals surface area (Å²) in [6.45, 7) is 0.912. The van der Waals surface area contributed by atoms with Crippen molar-refractivity contribution in [1.82, 2.24) is 0 Å². The van der Waals surface area contributed by atoms with Crippen molar-refractivity contribution < 1.29 is 63.9 Å². The van der Waals surface area contributed by atoms with Crippen LogP contribution in [0.15, 0.2) is 41.7 Å². The Kier molecular flexibility index (Phi) is 10.1. The lowest BCUT2D eigenvalue weighted by atomic mass is 9.86. The molecular formula is C25H32O13. The van der Waals surface area contributed by atoms with Crippen LogP contribution in [0.3, 0.4) is 0 Å². The molecule has 210 valence electrons. The zero-order chi connectivity index (χ0) is 28.0. The molecule has 38 heavy (non-hydrogen) atoms. The number of esters is 2. The van der Waals surface area contributed by atoms with E-state index in [0.717, 1.165) is 13.4 Å². The number of carbonyl (C=O) groups excluding carboxylic acids is 2. The molecule has 2 aliphatic heterocycles. The minimum absolute atomic E-state index is 0.00894. The summed E-state index contributed by atoms with van der Waals surface area (Å²) in [5.41, 5.74) is 0.927. The van der Waals surface area contributed by atoms with Crippen LogP contribution in [0.4, 0.5) is 0 Å². The number of phenols is 2. The maximum atomic E-state index is 12.7. The van der Waals surface area contributed by atoms with Gasteiger partial charge in [-0.1, -0.05) is 12.1 Å². The Balaban J connectivity index is 1.71. The molecule has 0 radical (unpaired) electrons. The second-order valence-electron chi connectivity index (χ2n) is 8.71. The molecule has 1 saturated heterocycles. The van der Waals surface area contributed by atoms with Crippen LogP contribution in [0.25, 0.3) is 0 Å². The number of aliphatic hydroxyl groups is 4. The molecule has 3 rings (SSSR count). The van der Waals surface area contributed by atoms with Crippen LogP contribution in [0.5, 0.6) is 11.5 Å². The number of aliphatic hydroxyl groups excluding tert-OH is 4. The maximum absolute atomic E-state index is 12.7. The first-order chi connectivity index (χ1) is 18.1. The average molecular weight is 541 g/mol. The molecule has 0 spiro atoms. The predicted octanol–water partition coefficient (Wildman–Crippen LogP) is -0.634. The fourth-order valence-electron chi connectivity index (χ4n) is 4.16. The molecule has 0 saturated carbocycles. The lowest BCUT2D eigenvalue weighted by Gasteiger charge is -2.41. The van der Waals surface area contributed by atoms with Crippen molar-refractivity contribution >= 4 is 11.9 Å². The van der Waals surface area contributed by atoms with Crippen molar-refractivity contribution in [2.24, 2.45) is 5.92 Å². The van der Waals surface area contributed by atoms with E-state index in [1.165, 1.54) is 12.1 Å². The molecule has 13 nitrogen and oxygen atoms in total. The summed E-state index contributed by atoms with van der Waals surface area (Å²) in [4.78, 5) is 25.1. The number of methoxy groups -OCH3 is 1. The van der Waals surface area contributed by atoms with Gasteiger partial charge in [0.1, 0.15) is 24.4 Å². The molecule has 0 aliphatic carbocycles. The van der Waals surface area contributed by atoms with Crippen LogP contribution in [0.1, 0.15) is 18.9 Å². The molecule has 0 bridgehead atoms. The number of allylic oxidation sites excluding steroid dienone is 1. The molecular weight excluding hydrogens is 508 g/mol. The van der Waals surface area contributed by atoms with Crippen molar-refractivity contribution in [2.45, 2.75) is 56.8 Å². The van der Waals surface area contributed by atoms with E-state index >= 15 is 0 Å². The van der Waals surface area contributed by atoms with Crippen molar-refractivity contribution in [2.75, 3.05) is 20.3 Å². The van der Waals surface area contributed by atoms with Crippen LogP contribution >= 0.6 is 0 Å². The maximum Gasteiger partial charge on any atom is 0.337 e. The van der Waals surface area contributed by atoms with Gasteiger partial charge in [0.05, 0.1) is 38.6 Å². The van der Waals surface area contributed by atoms with Gasteiger partial charge in [-0.05, 0) is 24.6 Å². The standard InChI is InChI=1S/C25H32O13/c1-3-13-14(9-19(29)35-7-6-12-4-5-16(27)17(28)8-12)15(23(33)34-2)11-36-24(13)38-25-22(32)21(31)20(30)18(10-26)37-25/h3-5,8,11,14,18,20-22,24-28,30-32H,6-7,9-10H2,1-2H3/b13-3-/t14?,18?,20-,21?,22?,24+,25+/m1/s1. The van der Waals surface area contributed by atoms with E-state index in [0.29, 0.717) is 11.1 Å². The van der Waals surface area contributed by atoms with Crippen LogP contribution in [-0.4, -0.2) is 99.9 Å². The lowest BCUT2D eigenvalue weighted by molar-refractivity contribution is -0.327. The number of benzene rings is 1. The normalized spacial score (nSPS) is 30.3. The highest BCUT2D eigenvalue weighted by Crippen LogP contribution is 2.36. The fraction of sp³-hybridized carbons (Fsp3) is 0.520. The summed E-state index contributed by atoms with van der Waals surface area (Å²) in [5, 5.41) is 58.8. The Labute approximate surface area is 218 Å². The quantitative estimate of drug-likeness (QED) is 0.131. The predicted molar refractivity (Wildman–Crippen MR) is 126 cm³/mol. The van der Waals surface area contributed by atoms with Gasteiger partial charge in [-0.2, -0.15) is 0 Å². The van der Waals surface area contributed by atoms with Gasteiger partial charge in [-0.15, -0.1) is 0 Å². The fourth-order valence-corrected chi connectivity index (χ4v) is 4.16. The summed E-state index contributed by atoms with van der Waals surface area (Å²) in [5.74, 6) is -2.89. The van der Waals surface area contributed by atoms with Crippen molar-refractivity contribution in [1.29, 1.82) is 0 Å². The number of rotatable bonds is 9. The van der Waals surface area contributed by atoms with Crippen molar-refractivity contribution in [3.63, 3.8) is 0 Å². The third kappa shape index (κ3) is 6.62. The zero-order valence-electron chi connectivity index (χ0n) is 20.8. The van der Waals surface area contributed by atoms with Crippen LogP contribution < -0.4 is 0 Å². The molecule has 2 aliphatic rings. The van der Waals surface area contributed by atoms with Crippen LogP contribution in [0.2, 0.25) is 0 Å². The molecule has 2 heterocycles. The highest BCUT2D eigenvalue weighted by Gasteiger charge is 2.46. The topological polar surface area (TPSA) is 202 Å². The average Bonchev–Trinajstić information content (AvgIpc) is 2.90. The molecule has 1 aromatic rings. The first kappa shape index (κ1) is 29.4.